The molecule has 0 aromatic carbocycles. The maximum atomic E-state index is 11.8. The summed E-state index contributed by atoms with van der Waals surface area (Å²) in [6.45, 7) is 5.83. The molecule has 11 heteroatoms. The number of hydrogen-bond donors (Lipinski definition) is 0. The molecule has 0 aromatic heterocycles. The van der Waals surface area contributed by atoms with Crippen molar-refractivity contribution < 1.29 is 52.4 Å². The third-order valence-corrected chi connectivity index (χ3v) is 4.56. The molecule has 162 valence electrons. The first-order valence-electron chi connectivity index (χ1n) is 8.98. The summed E-state index contributed by atoms with van der Waals surface area (Å²) in [5.74, 6) is -3.75. The largest absolute Gasteiger partial charge is 0.455 e. The Kier molecular flexibility index (Phi) is 6.83. The average Bonchev–Trinajstić information content (AvgIpc) is 2.50. The van der Waals surface area contributed by atoms with Gasteiger partial charge < -0.3 is 28.4 Å². The van der Waals surface area contributed by atoms with Gasteiger partial charge in [-0.15, -0.1) is 0 Å². The van der Waals surface area contributed by atoms with Crippen LogP contribution in [0.3, 0.4) is 0 Å². The van der Waals surface area contributed by atoms with E-state index in [2.05, 4.69) is 0 Å². The first-order chi connectivity index (χ1) is 13.5. The minimum absolute atomic E-state index is 0.230. The van der Waals surface area contributed by atoms with E-state index < -0.39 is 66.0 Å². The summed E-state index contributed by atoms with van der Waals surface area (Å²) in [6.07, 6.45) is -6.46. The lowest BCUT2D eigenvalue weighted by molar-refractivity contribution is -0.330. The van der Waals surface area contributed by atoms with Crippen molar-refractivity contribution in [3.05, 3.63) is 0 Å². The number of carbonyl (C=O) groups excluding carboxylic acids is 5. The van der Waals surface area contributed by atoms with E-state index in [4.69, 9.17) is 28.4 Å². The summed E-state index contributed by atoms with van der Waals surface area (Å²) in [5.41, 5.74) is -1.45. The topological polar surface area (TPSA) is 141 Å². The average molecular weight is 416 g/mol. The Balaban J connectivity index is 2.63. The van der Waals surface area contributed by atoms with Crippen LogP contribution in [0.4, 0.5) is 0 Å². The number of esters is 5. The van der Waals surface area contributed by atoms with E-state index >= 15 is 0 Å². The maximum Gasteiger partial charge on any atom is 0.303 e. The van der Waals surface area contributed by atoms with Gasteiger partial charge in [0.2, 0.25) is 0 Å². The van der Waals surface area contributed by atoms with E-state index in [1.165, 1.54) is 0 Å². The quantitative estimate of drug-likeness (QED) is 0.435. The molecule has 0 bridgehead atoms. The lowest BCUT2D eigenvalue weighted by Crippen LogP contribution is -2.77. The predicted molar refractivity (Wildman–Crippen MR) is 91.1 cm³/mol. The molecular formula is C18H24O11. The molecule has 0 amide bonds. The minimum atomic E-state index is -1.45. The fourth-order valence-corrected chi connectivity index (χ4v) is 3.69. The van der Waals surface area contributed by atoms with Gasteiger partial charge in [0.05, 0.1) is 6.61 Å². The van der Waals surface area contributed by atoms with Gasteiger partial charge in [0.25, 0.3) is 0 Å². The first kappa shape index (κ1) is 22.6. The van der Waals surface area contributed by atoms with E-state index in [-0.39, 0.29) is 13.0 Å². The molecule has 4 unspecified atom stereocenters. The highest BCUT2D eigenvalue weighted by molar-refractivity contribution is 5.70. The van der Waals surface area contributed by atoms with Crippen LogP contribution in [0.25, 0.3) is 0 Å². The molecule has 11 nitrogen and oxygen atoms in total. The van der Waals surface area contributed by atoms with Gasteiger partial charge >= 0.3 is 29.8 Å². The highest BCUT2D eigenvalue weighted by Gasteiger charge is 2.70. The number of carbonyl (C=O) groups is 5. The Morgan fingerprint density at radius 1 is 0.621 bits per heavy atom. The summed E-state index contributed by atoms with van der Waals surface area (Å²) in [7, 11) is 0. The Morgan fingerprint density at radius 3 is 1.17 bits per heavy atom. The molecule has 2 aliphatic rings. The zero-order chi connectivity index (χ0) is 21.9. The lowest BCUT2D eigenvalue weighted by Gasteiger charge is -2.57. The van der Waals surface area contributed by atoms with Crippen LogP contribution in [0.15, 0.2) is 0 Å². The van der Waals surface area contributed by atoms with Crippen LogP contribution in [-0.4, -0.2) is 72.6 Å². The highest BCUT2D eigenvalue weighted by Crippen LogP contribution is 2.47. The van der Waals surface area contributed by atoms with Crippen LogP contribution < -0.4 is 0 Å². The standard InChI is InChI=1S/C18H24O11/c1-8(19)25-13-14(26-9(2)20)16(28-11(4)22)18(6-7-24-18)17(29-12(5)23)15(13)27-10(3)21/h13-17H,6-7H2,1-5H3. The van der Waals surface area contributed by atoms with Gasteiger partial charge in [-0.25, -0.2) is 0 Å². The highest BCUT2D eigenvalue weighted by atomic mass is 16.7. The fourth-order valence-electron chi connectivity index (χ4n) is 3.69. The summed E-state index contributed by atoms with van der Waals surface area (Å²) >= 11 is 0. The van der Waals surface area contributed by atoms with Gasteiger partial charge in [0.15, 0.2) is 36.1 Å². The van der Waals surface area contributed by atoms with Gasteiger partial charge in [-0.3, -0.25) is 24.0 Å². The molecule has 0 radical (unpaired) electrons. The van der Waals surface area contributed by atoms with E-state index in [0.29, 0.717) is 0 Å². The van der Waals surface area contributed by atoms with Crippen molar-refractivity contribution >= 4 is 29.8 Å². The van der Waals surface area contributed by atoms with Gasteiger partial charge in [-0.1, -0.05) is 0 Å². The van der Waals surface area contributed by atoms with Crippen molar-refractivity contribution in [2.75, 3.05) is 6.61 Å². The SMILES string of the molecule is CC(=O)OC1C(OC(C)=O)C(OC(C)=O)C2(CCO2)C(OC(C)=O)C1OC(C)=O. The van der Waals surface area contributed by atoms with E-state index in [1.807, 2.05) is 0 Å². The molecule has 2 fully saturated rings. The van der Waals surface area contributed by atoms with Crippen molar-refractivity contribution in [2.45, 2.75) is 77.2 Å². The summed E-state index contributed by atoms with van der Waals surface area (Å²) in [6, 6.07) is 0. The molecule has 0 N–H and O–H groups in total. The van der Waals surface area contributed by atoms with Crippen LogP contribution in [0.2, 0.25) is 0 Å². The fraction of sp³-hybridized carbons (Fsp3) is 0.722. The Bertz CT molecular complexity index is 650. The predicted octanol–water partition coefficient (Wildman–Crippen LogP) is -0.182. The maximum absolute atomic E-state index is 11.8. The van der Waals surface area contributed by atoms with Crippen molar-refractivity contribution in [1.29, 1.82) is 0 Å². The van der Waals surface area contributed by atoms with Crippen LogP contribution in [0, 0.1) is 0 Å². The molecule has 0 aromatic rings. The zero-order valence-corrected chi connectivity index (χ0v) is 16.8. The van der Waals surface area contributed by atoms with Crippen LogP contribution >= 0.6 is 0 Å². The second-order valence-corrected chi connectivity index (χ2v) is 6.84. The monoisotopic (exact) mass is 416 g/mol. The minimum Gasteiger partial charge on any atom is -0.455 e. The molecule has 2 rings (SSSR count). The lowest BCUT2D eigenvalue weighted by atomic mass is 9.70. The molecule has 29 heavy (non-hydrogen) atoms. The molecule has 1 spiro atoms. The third kappa shape index (κ3) is 4.84. The normalized spacial score (nSPS) is 33.1. The molecule has 1 heterocycles. The van der Waals surface area contributed by atoms with E-state index in [1.54, 1.807) is 0 Å². The molecule has 1 saturated heterocycles. The summed E-state index contributed by atoms with van der Waals surface area (Å²) < 4.78 is 32.3. The first-order valence-corrected chi connectivity index (χ1v) is 8.98. The smallest absolute Gasteiger partial charge is 0.303 e. The second-order valence-electron chi connectivity index (χ2n) is 6.84. The van der Waals surface area contributed by atoms with Crippen LogP contribution in [0.1, 0.15) is 41.0 Å². The Labute approximate surface area is 166 Å². The second kappa shape index (κ2) is 8.76. The van der Waals surface area contributed by atoms with Crippen LogP contribution in [-0.2, 0) is 52.4 Å². The van der Waals surface area contributed by atoms with Gasteiger partial charge in [-0.2, -0.15) is 0 Å². The molecule has 4 atom stereocenters. The number of hydrogen-bond acceptors (Lipinski definition) is 11. The summed E-state index contributed by atoms with van der Waals surface area (Å²) in [5, 5.41) is 0. The van der Waals surface area contributed by atoms with Gasteiger partial charge in [-0.05, 0) is 0 Å². The van der Waals surface area contributed by atoms with E-state index in [9.17, 15) is 24.0 Å². The van der Waals surface area contributed by atoms with Crippen molar-refractivity contribution in [1.82, 2.24) is 0 Å². The van der Waals surface area contributed by atoms with Crippen molar-refractivity contribution in [3.63, 3.8) is 0 Å². The van der Waals surface area contributed by atoms with Crippen LogP contribution in [0.5, 0.6) is 0 Å². The van der Waals surface area contributed by atoms with Crippen molar-refractivity contribution in [3.8, 4) is 0 Å². The molecule has 1 aliphatic carbocycles. The van der Waals surface area contributed by atoms with E-state index in [0.717, 1.165) is 34.6 Å². The zero-order valence-electron chi connectivity index (χ0n) is 16.8. The third-order valence-electron chi connectivity index (χ3n) is 4.56. The number of ether oxygens (including phenoxy) is 6. The van der Waals surface area contributed by atoms with Gasteiger partial charge in [0, 0.05) is 41.0 Å². The van der Waals surface area contributed by atoms with Crippen molar-refractivity contribution in [2.24, 2.45) is 0 Å². The summed E-state index contributed by atoms with van der Waals surface area (Å²) in [4.78, 5) is 58.8. The molecule has 1 aliphatic heterocycles. The Morgan fingerprint density at radius 2 is 0.931 bits per heavy atom. The molecular weight excluding hydrogens is 392 g/mol. The van der Waals surface area contributed by atoms with Gasteiger partial charge in [0.1, 0.15) is 0 Å². The Hall–Kier alpha value is -2.69. The molecule has 1 saturated carbocycles. The number of rotatable bonds is 5.